The Hall–Kier alpha value is -3.10. The molecule has 0 radical (unpaired) electrons. The maximum absolute atomic E-state index is 15.0. The molecule has 2 atom stereocenters. The Balaban J connectivity index is 1.58. The van der Waals surface area contributed by atoms with E-state index >= 15 is 0 Å². The fraction of sp³-hybridized carbons (Fsp3) is 0.444. The predicted octanol–water partition coefficient (Wildman–Crippen LogP) is 3.05. The van der Waals surface area contributed by atoms with Crippen molar-refractivity contribution in [2.45, 2.75) is 70.2 Å². The van der Waals surface area contributed by atoms with E-state index in [1.165, 1.54) is 6.07 Å². The zero-order chi connectivity index (χ0) is 24.3. The maximum atomic E-state index is 15.0. The van der Waals surface area contributed by atoms with Crippen molar-refractivity contribution in [3.8, 4) is 11.4 Å². The average molecular weight is 476 g/mol. The van der Waals surface area contributed by atoms with Crippen LogP contribution in [0, 0.1) is 12.7 Å². The largest absolute Gasteiger partial charge is 0.458 e. The first kappa shape index (κ1) is 21.2. The molecular weight excluding hydrogens is 449 g/mol. The van der Waals surface area contributed by atoms with Crippen LogP contribution < -0.4 is 10.9 Å². The van der Waals surface area contributed by atoms with Crippen molar-refractivity contribution in [3.63, 3.8) is 0 Å². The van der Waals surface area contributed by atoms with Gasteiger partial charge >= 0.3 is 5.97 Å². The van der Waals surface area contributed by atoms with Crippen molar-refractivity contribution in [2.24, 2.45) is 0 Å². The number of pyridine rings is 2. The molecule has 8 heteroatoms. The van der Waals surface area contributed by atoms with Gasteiger partial charge in [-0.2, -0.15) is 0 Å². The highest BCUT2D eigenvalue weighted by Gasteiger charge is 2.47. The fourth-order valence-electron chi connectivity index (χ4n) is 6.92. The highest BCUT2D eigenvalue weighted by molar-refractivity contribution is 5.94. The van der Waals surface area contributed by atoms with Gasteiger partial charge in [0.1, 0.15) is 12.4 Å². The monoisotopic (exact) mass is 475 g/mol. The van der Waals surface area contributed by atoms with Crippen LogP contribution in [0.5, 0.6) is 0 Å². The highest BCUT2D eigenvalue weighted by Crippen LogP contribution is 2.50. The molecule has 0 bridgehead atoms. The summed E-state index contributed by atoms with van der Waals surface area (Å²) in [5.74, 6) is -1.02. The number of nitrogens with one attached hydrogen (secondary N) is 1. The Labute approximate surface area is 200 Å². The molecule has 7 rings (SSSR count). The number of esters is 1. The van der Waals surface area contributed by atoms with Crippen LogP contribution in [0.1, 0.15) is 66.0 Å². The Morgan fingerprint density at radius 2 is 2.06 bits per heavy atom. The fourth-order valence-corrected chi connectivity index (χ4v) is 6.92. The minimum Gasteiger partial charge on any atom is -0.458 e. The third-order valence-electron chi connectivity index (χ3n) is 8.83. The summed E-state index contributed by atoms with van der Waals surface area (Å²) < 4.78 is 21.8. The van der Waals surface area contributed by atoms with E-state index in [1.54, 1.807) is 17.6 Å². The topological polar surface area (TPSA) is 93.5 Å². The van der Waals surface area contributed by atoms with Gasteiger partial charge in [0.25, 0.3) is 5.56 Å². The van der Waals surface area contributed by atoms with Crippen molar-refractivity contribution in [2.75, 3.05) is 6.54 Å². The van der Waals surface area contributed by atoms with Gasteiger partial charge < -0.3 is 19.7 Å². The number of hydrogen-bond donors (Lipinski definition) is 2. The van der Waals surface area contributed by atoms with Gasteiger partial charge in [0, 0.05) is 28.1 Å². The van der Waals surface area contributed by atoms with Gasteiger partial charge in [-0.3, -0.25) is 4.79 Å². The molecule has 1 aliphatic carbocycles. The summed E-state index contributed by atoms with van der Waals surface area (Å²) in [7, 11) is 0. The van der Waals surface area contributed by atoms with Crippen molar-refractivity contribution in [3.05, 3.63) is 61.7 Å². The van der Waals surface area contributed by atoms with E-state index in [0.717, 1.165) is 54.3 Å². The molecule has 5 heterocycles. The second-order valence-corrected chi connectivity index (χ2v) is 10.4. The number of fused-ring (bicyclic) bond motifs is 6. The van der Waals surface area contributed by atoms with E-state index in [2.05, 4.69) is 5.32 Å². The minimum absolute atomic E-state index is 0.0891. The molecule has 1 spiro atoms. The summed E-state index contributed by atoms with van der Waals surface area (Å²) in [6.45, 7) is 4.63. The van der Waals surface area contributed by atoms with Crippen molar-refractivity contribution in [1.29, 1.82) is 0 Å². The molecule has 1 aromatic carbocycles. The second-order valence-electron chi connectivity index (χ2n) is 10.4. The molecule has 2 N–H and O–H groups in total. The normalized spacial score (nSPS) is 26.1. The van der Waals surface area contributed by atoms with Gasteiger partial charge in [-0.1, -0.05) is 6.92 Å². The average Bonchev–Trinajstić information content (AvgIpc) is 3.46. The summed E-state index contributed by atoms with van der Waals surface area (Å²) in [5.41, 5.74) is 3.79. The molecule has 7 nitrogen and oxygen atoms in total. The molecule has 180 valence electrons. The number of carbonyl (C=O) groups excluding carboxylic acids is 1. The van der Waals surface area contributed by atoms with E-state index in [4.69, 9.17) is 9.72 Å². The first-order valence-corrected chi connectivity index (χ1v) is 12.4. The summed E-state index contributed by atoms with van der Waals surface area (Å²) in [6, 6.07) is 3.23. The van der Waals surface area contributed by atoms with E-state index < -0.39 is 11.6 Å². The van der Waals surface area contributed by atoms with E-state index in [9.17, 15) is 19.1 Å². The van der Waals surface area contributed by atoms with E-state index in [0.29, 0.717) is 40.1 Å². The Morgan fingerprint density at radius 3 is 2.80 bits per heavy atom. The van der Waals surface area contributed by atoms with Crippen LogP contribution >= 0.6 is 0 Å². The first-order valence-electron chi connectivity index (χ1n) is 12.4. The third kappa shape index (κ3) is 2.49. The lowest BCUT2D eigenvalue weighted by Gasteiger charge is -2.38. The van der Waals surface area contributed by atoms with Crippen LogP contribution in [0.25, 0.3) is 22.3 Å². The van der Waals surface area contributed by atoms with Crippen LogP contribution in [0.4, 0.5) is 4.39 Å². The number of nitrogens with zero attached hydrogens (tertiary/aromatic N) is 2. The maximum Gasteiger partial charge on any atom is 0.343 e. The lowest BCUT2D eigenvalue weighted by molar-refractivity contribution is -0.172. The second kappa shape index (κ2) is 6.77. The number of hydrogen-bond acceptors (Lipinski definition) is 6. The molecule has 2 aromatic heterocycles. The van der Waals surface area contributed by atoms with Crippen LogP contribution in [0.15, 0.2) is 16.9 Å². The zero-order valence-electron chi connectivity index (χ0n) is 19.8. The molecule has 3 aliphatic heterocycles. The smallest absolute Gasteiger partial charge is 0.343 e. The Kier molecular flexibility index (Phi) is 4.10. The summed E-state index contributed by atoms with van der Waals surface area (Å²) >= 11 is 0. The number of benzene rings is 1. The Bertz CT molecular complexity index is 1550. The minimum atomic E-state index is -1.87. The molecule has 0 unspecified atom stereocenters. The van der Waals surface area contributed by atoms with Crippen molar-refractivity contribution >= 4 is 16.9 Å². The standard InChI is InChI=1S/C27H26FN3O4/c1-3-27(34)17-9-20-23-15(11-31(20)24(32)16(17)12-35-25(27)33)22-21-14(5-7-26(22)6-4-8-29-26)13(2)18(28)10-19(21)30-23/h9-10,29,34H,3-8,11-12H2,1-2H3/t26-,27-/m0/s1. The summed E-state index contributed by atoms with van der Waals surface area (Å²) in [5, 5.41) is 15.9. The van der Waals surface area contributed by atoms with Gasteiger partial charge in [0.15, 0.2) is 5.60 Å². The lowest BCUT2D eigenvalue weighted by Crippen LogP contribution is -2.44. The number of aliphatic hydroxyl groups is 1. The summed E-state index contributed by atoms with van der Waals surface area (Å²) in [4.78, 5) is 31.0. The molecule has 35 heavy (non-hydrogen) atoms. The number of ether oxygens (including phenoxy) is 1. The first-order chi connectivity index (χ1) is 16.8. The van der Waals surface area contributed by atoms with Crippen LogP contribution in [0.2, 0.25) is 0 Å². The quantitative estimate of drug-likeness (QED) is 0.411. The molecule has 1 saturated heterocycles. The third-order valence-corrected chi connectivity index (χ3v) is 8.83. The molecule has 0 amide bonds. The van der Waals surface area contributed by atoms with Crippen molar-refractivity contribution in [1.82, 2.24) is 14.9 Å². The van der Waals surface area contributed by atoms with Crippen LogP contribution in [-0.4, -0.2) is 27.2 Å². The van der Waals surface area contributed by atoms with Crippen LogP contribution in [0.3, 0.4) is 0 Å². The van der Waals surface area contributed by atoms with Crippen molar-refractivity contribution < 1.29 is 19.0 Å². The number of rotatable bonds is 1. The molecule has 3 aromatic rings. The molecule has 4 aliphatic rings. The van der Waals surface area contributed by atoms with E-state index in [1.807, 2.05) is 6.92 Å². The van der Waals surface area contributed by atoms with Gasteiger partial charge in [-0.25, -0.2) is 14.2 Å². The SMILES string of the molecule is CC[C@@]1(O)C(=O)OCc2c1cc1n(c2=O)Cc2c-1nc1cc(F)c(C)c3c1c2[C@]1(CCCN1)CC3. The van der Waals surface area contributed by atoms with Gasteiger partial charge in [0.05, 0.1) is 29.0 Å². The number of halogens is 1. The molecular formula is C27H26FN3O4. The molecule has 0 saturated carbocycles. The van der Waals surface area contributed by atoms with Gasteiger partial charge in [-0.15, -0.1) is 0 Å². The number of carbonyl (C=O) groups is 1. The Morgan fingerprint density at radius 1 is 1.23 bits per heavy atom. The molecule has 1 fully saturated rings. The van der Waals surface area contributed by atoms with Gasteiger partial charge in [0.2, 0.25) is 0 Å². The number of aryl methyl sites for hydroxylation is 1. The summed E-state index contributed by atoms with van der Waals surface area (Å²) in [6.07, 6.45) is 3.78. The van der Waals surface area contributed by atoms with E-state index in [-0.39, 0.29) is 29.9 Å². The van der Waals surface area contributed by atoms with Crippen LogP contribution in [-0.2, 0) is 40.2 Å². The highest BCUT2D eigenvalue weighted by atomic mass is 19.1. The predicted molar refractivity (Wildman–Crippen MR) is 126 cm³/mol. The lowest BCUT2D eigenvalue weighted by atomic mass is 9.72. The number of cyclic esters (lactones) is 1. The zero-order valence-corrected chi connectivity index (χ0v) is 19.8. The number of aromatic nitrogens is 2. The van der Waals surface area contributed by atoms with Gasteiger partial charge in [-0.05, 0) is 68.3 Å².